The van der Waals surface area contributed by atoms with Crippen molar-refractivity contribution in [3.8, 4) is 11.5 Å². The first-order valence-electron chi connectivity index (χ1n) is 8.16. The van der Waals surface area contributed by atoms with Crippen LogP contribution in [0.2, 0.25) is 0 Å². The molecule has 0 fully saturated rings. The molecule has 1 aliphatic carbocycles. The number of hydrogen-bond acceptors (Lipinski definition) is 2. The number of phenols is 2. The number of halogens is 1. The van der Waals surface area contributed by atoms with Gasteiger partial charge in [0.05, 0.1) is 0 Å². The zero-order valence-corrected chi connectivity index (χ0v) is 13.5. The van der Waals surface area contributed by atoms with E-state index in [2.05, 4.69) is 0 Å². The molecule has 0 unspecified atom stereocenters. The Kier molecular flexibility index (Phi) is 3.77. The second-order valence-electron chi connectivity index (χ2n) is 6.21. The summed E-state index contributed by atoms with van der Waals surface area (Å²) in [6.45, 7) is -0.609. The minimum Gasteiger partial charge on any atom is -0.508 e. The quantitative estimate of drug-likeness (QED) is 0.702. The molecule has 0 radical (unpaired) electrons. The Labute approximate surface area is 145 Å². The van der Waals surface area contributed by atoms with Crippen molar-refractivity contribution in [2.24, 2.45) is 0 Å². The van der Waals surface area contributed by atoms with Crippen LogP contribution in [0.3, 0.4) is 0 Å². The lowest BCUT2D eigenvalue weighted by Crippen LogP contribution is -1.93. The standard InChI is InChI=1S/C22H17FO2/c23-13-16-10-18(25)11-21-19(16)12-20(14-6-8-17(24)9-7-14)22(21)15-4-2-1-3-5-15/h1-11,24-25H,12-13H2. The van der Waals surface area contributed by atoms with E-state index in [0.29, 0.717) is 12.0 Å². The summed E-state index contributed by atoms with van der Waals surface area (Å²) < 4.78 is 13.5. The molecule has 0 aliphatic heterocycles. The Morgan fingerprint density at radius 1 is 0.800 bits per heavy atom. The van der Waals surface area contributed by atoms with E-state index in [1.54, 1.807) is 18.2 Å². The van der Waals surface area contributed by atoms with Crippen molar-refractivity contribution < 1.29 is 14.6 Å². The van der Waals surface area contributed by atoms with E-state index in [-0.39, 0.29) is 11.5 Å². The predicted molar refractivity (Wildman–Crippen MR) is 97.1 cm³/mol. The molecular formula is C22H17FO2. The summed E-state index contributed by atoms with van der Waals surface area (Å²) in [6.07, 6.45) is 0.601. The molecule has 0 amide bonds. The van der Waals surface area contributed by atoms with Crippen molar-refractivity contribution >= 4 is 11.1 Å². The minimum absolute atomic E-state index is 0.0757. The van der Waals surface area contributed by atoms with Gasteiger partial charge in [0.1, 0.15) is 18.2 Å². The maximum absolute atomic E-state index is 13.5. The van der Waals surface area contributed by atoms with Crippen molar-refractivity contribution in [3.63, 3.8) is 0 Å². The van der Waals surface area contributed by atoms with Crippen molar-refractivity contribution in [2.45, 2.75) is 13.1 Å². The third-order valence-corrected chi connectivity index (χ3v) is 4.67. The number of benzene rings is 3. The second kappa shape index (κ2) is 6.10. The Morgan fingerprint density at radius 3 is 2.20 bits per heavy atom. The van der Waals surface area contributed by atoms with Gasteiger partial charge in [0, 0.05) is 0 Å². The summed E-state index contributed by atoms with van der Waals surface area (Å²) >= 11 is 0. The SMILES string of the molecule is Oc1ccc(C2=C(c3ccccc3)c3cc(O)cc(CF)c3C2)cc1. The van der Waals surface area contributed by atoms with Gasteiger partial charge in [-0.3, -0.25) is 0 Å². The largest absolute Gasteiger partial charge is 0.508 e. The predicted octanol–water partition coefficient (Wildman–Crippen LogP) is 5.08. The number of hydrogen-bond donors (Lipinski definition) is 2. The summed E-state index contributed by atoms with van der Waals surface area (Å²) in [5, 5.41) is 19.6. The fourth-order valence-electron chi connectivity index (χ4n) is 3.54. The van der Waals surface area contributed by atoms with Crippen LogP contribution in [0.1, 0.15) is 27.8 Å². The molecule has 0 spiro atoms. The van der Waals surface area contributed by atoms with E-state index in [1.165, 1.54) is 6.07 Å². The lowest BCUT2D eigenvalue weighted by Gasteiger charge is -2.11. The smallest absolute Gasteiger partial charge is 0.116 e. The van der Waals surface area contributed by atoms with Crippen LogP contribution in [0.15, 0.2) is 66.7 Å². The van der Waals surface area contributed by atoms with Gasteiger partial charge >= 0.3 is 0 Å². The summed E-state index contributed by atoms with van der Waals surface area (Å²) in [6, 6.07) is 20.2. The number of rotatable bonds is 3. The minimum atomic E-state index is -0.609. The van der Waals surface area contributed by atoms with Crippen molar-refractivity contribution in [2.75, 3.05) is 0 Å². The Hall–Kier alpha value is -3.07. The second-order valence-corrected chi connectivity index (χ2v) is 6.21. The normalized spacial score (nSPS) is 13.2. The van der Waals surface area contributed by atoms with E-state index in [9.17, 15) is 14.6 Å². The van der Waals surface area contributed by atoms with Crippen LogP contribution >= 0.6 is 0 Å². The van der Waals surface area contributed by atoms with Gasteiger partial charge < -0.3 is 10.2 Å². The summed E-state index contributed by atoms with van der Waals surface area (Å²) in [5.41, 5.74) is 6.41. The Bertz CT molecular complexity index is 957. The highest BCUT2D eigenvalue weighted by atomic mass is 19.1. The molecule has 0 saturated heterocycles. The van der Waals surface area contributed by atoms with E-state index in [4.69, 9.17) is 0 Å². The van der Waals surface area contributed by atoms with E-state index >= 15 is 0 Å². The molecule has 3 heteroatoms. The first-order valence-corrected chi connectivity index (χ1v) is 8.16. The molecule has 3 aromatic carbocycles. The maximum atomic E-state index is 13.5. The van der Waals surface area contributed by atoms with Crippen LogP contribution < -0.4 is 0 Å². The van der Waals surface area contributed by atoms with E-state index in [1.807, 2.05) is 42.5 Å². The highest BCUT2D eigenvalue weighted by Crippen LogP contribution is 2.45. The summed E-state index contributed by atoms with van der Waals surface area (Å²) in [5.74, 6) is 0.287. The van der Waals surface area contributed by atoms with Crippen molar-refractivity contribution in [1.82, 2.24) is 0 Å². The topological polar surface area (TPSA) is 40.5 Å². The highest BCUT2D eigenvalue weighted by molar-refractivity contribution is 6.04. The molecule has 0 aromatic heterocycles. The summed E-state index contributed by atoms with van der Waals surface area (Å²) in [7, 11) is 0. The van der Waals surface area contributed by atoms with Crippen LogP contribution in [0, 0.1) is 0 Å². The Morgan fingerprint density at radius 2 is 1.52 bits per heavy atom. The molecule has 0 saturated carbocycles. The first-order chi connectivity index (χ1) is 12.2. The molecule has 4 rings (SSSR count). The average Bonchev–Trinajstić information content (AvgIpc) is 3.01. The van der Waals surface area contributed by atoms with Gasteiger partial charge in [-0.25, -0.2) is 4.39 Å². The number of allylic oxidation sites excluding steroid dienone is 1. The van der Waals surface area contributed by atoms with Gasteiger partial charge in [0.15, 0.2) is 0 Å². The molecule has 2 N–H and O–H groups in total. The van der Waals surface area contributed by atoms with E-state index < -0.39 is 6.67 Å². The van der Waals surface area contributed by atoms with E-state index in [0.717, 1.165) is 33.4 Å². The molecule has 3 aromatic rings. The Balaban J connectivity index is 1.98. The molecule has 0 heterocycles. The van der Waals surface area contributed by atoms with Crippen LogP contribution in [0.25, 0.3) is 11.1 Å². The molecule has 124 valence electrons. The number of phenolic OH excluding ortho intramolecular Hbond substituents is 2. The lowest BCUT2D eigenvalue weighted by molar-refractivity contribution is 0.461. The molecule has 1 aliphatic rings. The zero-order chi connectivity index (χ0) is 17.4. The van der Waals surface area contributed by atoms with Gasteiger partial charge in [-0.1, -0.05) is 42.5 Å². The molecule has 0 bridgehead atoms. The van der Waals surface area contributed by atoms with Crippen LogP contribution in [0.4, 0.5) is 4.39 Å². The third kappa shape index (κ3) is 2.68. The van der Waals surface area contributed by atoms with Crippen molar-refractivity contribution in [1.29, 1.82) is 0 Å². The van der Waals surface area contributed by atoms with Crippen molar-refractivity contribution in [3.05, 3.63) is 94.5 Å². The van der Waals surface area contributed by atoms with Crippen LogP contribution in [-0.2, 0) is 13.1 Å². The lowest BCUT2D eigenvalue weighted by atomic mass is 9.94. The van der Waals surface area contributed by atoms with Gasteiger partial charge in [0.2, 0.25) is 0 Å². The first kappa shape index (κ1) is 15.5. The molecule has 0 atom stereocenters. The number of fused-ring (bicyclic) bond motifs is 1. The molecular weight excluding hydrogens is 315 g/mol. The molecule has 2 nitrogen and oxygen atoms in total. The van der Waals surface area contributed by atoms with Crippen LogP contribution in [-0.4, -0.2) is 10.2 Å². The monoisotopic (exact) mass is 332 g/mol. The fourth-order valence-corrected chi connectivity index (χ4v) is 3.54. The van der Waals surface area contributed by atoms with Crippen LogP contribution in [0.5, 0.6) is 11.5 Å². The maximum Gasteiger partial charge on any atom is 0.116 e. The summed E-state index contributed by atoms with van der Waals surface area (Å²) in [4.78, 5) is 0. The molecule has 25 heavy (non-hydrogen) atoms. The number of alkyl halides is 1. The fraction of sp³-hybridized carbons (Fsp3) is 0.0909. The van der Waals surface area contributed by atoms with Gasteiger partial charge in [-0.05, 0) is 69.6 Å². The highest BCUT2D eigenvalue weighted by Gasteiger charge is 2.26. The zero-order valence-electron chi connectivity index (χ0n) is 13.5. The van der Waals surface area contributed by atoms with Gasteiger partial charge in [-0.15, -0.1) is 0 Å². The van der Waals surface area contributed by atoms with Gasteiger partial charge in [-0.2, -0.15) is 0 Å². The van der Waals surface area contributed by atoms with Gasteiger partial charge in [0.25, 0.3) is 0 Å². The number of aromatic hydroxyl groups is 2. The third-order valence-electron chi connectivity index (χ3n) is 4.67. The average molecular weight is 332 g/mol.